The molecule has 4 rings (SSSR count). The average Bonchev–Trinajstić information content (AvgIpc) is 2.85. The zero-order chi connectivity index (χ0) is 25.2. The van der Waals surface area contributed by atoms with Crippen LogP contribution in [-0.4, -0.2) is 33.9 Å². The Morgan fingerprint density at radius 3 is 2.43 bits per heavy atom. The van der Waals surface area contributed by atoms with Crippen molar-refractivity contribution in [2.24, 2.45) is 0 Å². The molecule has 3 aromatic rings. The number of methoxy groups -OCH3 is 1. The van der Waals surface area contributed by atoms with Crippen molar-refractivity contribution < 1.29 is 22.7 Å². The van der Waals surface area contributed by atoms with Crippen LogP contribution in [0.1, 0.15) is 21.5 Å². The molecular formula is C26H21ClN2O5S. The molecule has 35 heavy (non-hydrogen) atoms. The minimum atomic E-state index is -4.34. The number of carbonyl (C=O) groups is 2. The maximum Gasteiger partial charge on any atom is 0.339 e. The van der Waals surface area contributed by atoms with Gasteiger partial charge in [0.25, 0.3) is 15.9 Å². The second-order valence-corrected chi connectivity index (χ2v) is 9.78. The molecule has 178 valence electrons. The van der Waals surface area contributed by atoms with Gasteiger partial charge in [-0.1, -0.05) is 60.1 Å². The molecule has 0 aromatic heterocycles. The number of carbonyl (C=O) groups excluding carboxylic acids is 2. The van der Waals surface area contributed by atoms with Gasteiger partial charge < -0.3 is 10.1 Å². The third-order valence-corrected chi connectivity index (χ3v) is 7.48. The van der Waals surface area contributed by atoms with Gasteiger partial charge in [0.2, 0.25) is 0 Å². The summed E-state index contributed by atoms with van der Waals surface area (Å²) in [6.07, 6.45) is 1.44. The van der Waals surface area contributed by atoms with Crippen LogP contribution in [0.25, 0.3) is 5.57 Å². The molecule has 1 heterocycles. The smallest absolute Gasteiger partial charge is 0.339 e. The summed E-state index contributed by atoms with van der Waals surface area (Å²) in [5.41, 5.74) is 1.78. The van der Waals surface area contributed by atoms with Gasteiger partial charge in [-0.3, -0.25) is 9.10 Å². The first kappa shape index (κ1) is 24.3. The molecule has 0 aliphatic carbocycles. The Morgan fingerprint density at radius 2 is 1.74 bits per heavy atom. The van der Waals surface area contributed by atoms with E-state index < -0.39 is 26.8 Å². The molecular weight excluding hydrogens is 488 g/mol. The number of benzene rings is 3. The highest BCUT2D eigenvalue weighted by atomic mass is 35.5. The van der Waals surface area contributed by atoms with Crippen LogP contribution in [0.2, 0.25) is 5.02 Å². The number of fused-ring (bicyclic) bond motifs is 1. The van der Waals surface area contributed by atoms with Crippen molar-refractivity contribution in [3.05, 3.63) is 112 Å². The van der Waals surface area contributed by atoms with E-state index in [4.69, 9.17) is 16.3 Å². The number of sulfonamides is 1. The zero-order valence-electron chi connectivity index (χ0n) is 18.7. The summed E-state index contributed by atoms with van der Waals surface area (Å²) >= 11 is 6.29. The van der Waals surface area contributed by atoms with Crippen molar-refractivity contribution in [3.63, 3.8) is 0 Å². The number of nitrogens with zero attached hydrogens (tertiary/aromatic N) is 1. The lowest BCUT2D eigenvalue weighted by molar-refractivity contribution is -0.112. The highest BCUT2D eigenvalue weighted by Crippen LogP contribution is 2.44. The fourth-order valence-corrected chi connectivity index (χ4v) is 5.80. The zero-order valence-corrected chi connectivity index (χ0v) is 20.3. The lowest BCUT2D eigenvalue weighted by Crippen LogP contribution is -2.40. The molecule has 1 aliphatic heterocycles. The van der Waals surface area contributed by atoms with Crippen LogP contribution in [-0.2, 0) is 19.6 Å². The molecule has 0 bridgehead atoms. The fourth-order valence-electron chi connectivity index (χ4n) is 3.91. The molecule has 0 radical (unpaired) electrons. The third-order valence-electron chi connectivity index (χ3n) is 5.42. The van der Waals surface area contributed by atoms with E-state index in [1.54, 1.807) is 60.7 Å². The van der Waals surface area contributed by atoms with E-state index in [0.29, 0.717) is 21.8 Å². The number of hydrogen-bond acceptors (Lipinski definition) is 5. The number of para-hydroxylation sites is 1. The Kier molecular flexibility index (Phi) is 6.77. The first-order valence-corrected chi connectivity index (χ1v) is 12.3. The van der Waals surface area contributed by atoms with Gasteiger partial charge in [-0.25, -0.2) is 13.2 Å². The van der Waals surface area contributed by atoms with Crippen LogP contribution in [0.4, 0.5) is 11.4 Å². The average molecular weight is 509 g/mol. The molecule has 7 nitrogen and oxygen atoms in total. The van der Waals surface area contributed by atoms with Crippen molar-refractivity contribution in [1.82, 2.24) is 0 Å². The van der Waals surface area contributed by atoms with Gasteiger partial charge in [0, 0.05) is 16.2 Å². The van der Waals surface area contributed by atoms with Crippen LogP contribution in [0, 0.1) is 0 Å². The standard InChI is InChI=1S/C26H21ClN2O5S/c1-3-15-29-22-14-13-18(27)16-20(22)23(17-9-5-4-6-10-17)24(35(29,32)33)25(30)28-21-12-8-7-11-19(21)26(31)34-2/h3-14,16H,1,15H2,2H3,(H,28,30). The molecule has 0 atom stereocenters. The quantitative estimate of drug-likeness (QED) is 0.379. The van der Waals surface area contributed by atoms with E-state index >= 15 is 0 Å². The van der Waals surface area contributed by atoms with Gasteiger partial charge in [-0.15, -0.1) is 6.58 Å². The summed E-state index contributed by atoms with van der Waals surface area (Å²) in [5.74, 6) is -1.57. The lowest BCUT2D eigenvalue weighted by atomic mass is 9.95. The van der Waals surface area contributed by atoms with E-state index in [1.165, 1.54) is 25.3 Å². The number of amides is 1. The third kappa shape index (κ3) is 4.45. The van der Waals surface area contributed by atoms with E-state index in [9.17, 15) is 18.0 Å². The van der Waals surface area contributed by atoms with E-state index in [0.717, 1.165) is 4.31 Å². The maximum absolute atomic E-state index is 13.9. The molecule has 0 saturated heterocycles. The number of ether oxygens (including phenoxy) is 1. The van der Waals surface area contributed by atoms with Gasteiger partial charge in [0.05, 0.1) is 30.6 Å². The second kappa shape index (κ2) is 9.77. The van der Waals surface area contributed by atoms with Crippen LogP contribution < -0.4 is 9.62 Å². The van der Waals surface area contributed by atoms with Crippen molar-refractivity contribution in [1.29, 1.82) is 0 Å². The Morgan fingerprint density at radius 1 is 1.06 bits per heavy atom. The molecule has 0 spiro atoms. The molecule has 0 unspecified atom stereocenters. The predicted molar refractivity (Wildman–Crippen MR) is 137 cm³/mol. The number of anilines is 2. The fraction of sp³-hybridized carbons (Fsp3) is 0.0769. The number of halogens is 1. The van der Waals surface area contributed by atoms with Gasteiger partial charge in [-0.05, 0) is 35.9 Å². The van der Waals surface area contributed by atoms with Crippen molar-refractivity contribution in [3.8, 4) is 0 Å². The minimum Gasteiger partial charge on any atom is -0.465 e. The highest BCUT2D eigenvalue weighted by Gasteiger charge is 2.41. The van der Waals surface area contributed by atoms with E-state index in [1.807, 2.05) is 0 Å². The van der Waals surface area contributed by atoms with Crippen LogP contribution in [0.5, 0.6) is 0 Å². The van der Waals surface area contributed by atoms with Crippen LogP contribution in [0.3, 0.4) is 0 Å². The first-order chi connectivity index (χ1) is 16.8. The molecule has 1 N–H and O–H groups in total. The summed E-state index contributed by atoms with van der Waals surface area (Å²) in [5, 5.41) is 2.98. The molecule has 1 aliphatic rings. The summed E-state index contributed by atoms with van der Waals surface area (Å²) in [7, 11) is -3.12. The topological polar surface area (TPSA) is 92.8 Å². The van der Waals surface area contributed by atoms with Crippen molar-refractivity contribution in [2.45, 2.75) is 0 Å². The van der Waals surface area contributed by atoms with Gasteiger partial charge in [-0.2, -0.15) is 0 Å². The maximum atomic E-state index is 13.9. The largest absolute Gasteiger partial charge is 0.465 e. The number of hydrogen-bond donors (Lipinski definition) is 1. The lowest BCUT2D eigenvalue weighted by Gasteiger charge is -2.33. The number of esters is 1. The number of rotatable bonds is 6. The minimum absolute atomic E-state index is 0.0609. The van der Waals surface area contributed by atoms with Gasteiger partial charge >= 0.3 is 5.97 Å². The monoisotopic (exact) mass is 508 g/mol. The van der Waals surface area contributed by atoms with E-state index in [-0.39, 0.29) is 23.4 Å². The first-order valence-electron chi connectivity index (χ1n) is 10.5. The molecule has 0 saturated carbocycles. The predicted octanol–water partition coefficient (Wildman–Crippen LogP) is 4.86. The Bertz CT molecular complexity index is 1470. The van der Waals surface area contributed by atoms with Crippen molar-refractivity contribution >= 4 is 50.4 Å². The SMILES string of the molecule is C=CCN1c2ccc(Cl)cc2C(c2ccccc2)=C(C(=O)Nc2ccccc2C(=O)OC)S1(=O)=O. The second-order valence-electron chi connectivity index (χ2n) is 7.55. The molecule has 3 aromatic carbocycles. The van der Waals surface area contributed by atoms with Crippen molar-refractivity contribution in [2.75, 3.05) is 23.3 Å². The Hall–Kier alpha value is -3.88. The summed E-state index contributed by atoms with van der Waals surface area (Å²) in [6, 6.07) is 19.7. The van der Waals surface area contributed by atoms with E-state index in [2.05, 4.69) is 11.9 Å². The molecule has 0 fully saturated rings. The Balaban J connectivity index is 1.99. The summed E-state index contributed by atoms with van der Waals surface area (Å²) in [6.45, 7) is 3.60. The number of nitrogens with one attached hydrogen (secondary N) is 1. The van der Waals surface area contributed by atoms with Gasteiger partial charge in [0.15, 0.2) is 4.91 Å². The molecule has 1 amide bonds. The van der Waals surface area contributed by atoms with Crippen LogP contribution >= 0.6 is 11.6 Å². The molecule has 9 heteroatoms. The van der Waals surface area contributed by atoms with Gasteiger partial charge in [0.1, 0.15) is 0 Å². The highest BCUT2D eigenvalue weighted by molar-refractivity contribution is 7.97. The summed E-state index contributed by atoms with van der Waals surface area (Å²) in [4.78, 5) is 25.4. The summed E-state index contributed by atoms with van der Waals surface area (Å²) < 4.78 is 33.7. The Labute approximate surface area is 208 Å². The van der Waals surface area contributed by atoms with Crippen LogP contribution in [0.15, 0.2) is 90.4 Å². The normalized spacial score (nSPS) is 14.2.